The molecule has 0 aromatic carbocycles. The number of hydrogen-bond acceptors (Lipinski definition) is 5. The monoisotopic (exact) mass is 271 g/mol. The Bertz CT molecular complexity index is 295. The number of piperazine rings is 1. The van der Waals surface area contributed by atoms with E-state index in [1.165, 1.54) is 6.42 Å². The topological polar surface area (TPSA) is 68.3 Å². The summed E-state index contributed by atoms with van der Waals surface area (Å²) in [5.74, 6) is 0.286. The molecule has 19 heavy (non-hydrogen) atoms. The van der Waals surface area contributed by atoms with Crippen LogP contribution in [-0.2, 0) is 0 Å². The van der Waals surface area contributed by atoms with Crippen molar-refractivity contribution in [2.24, 2.45) is 10.9 Å². The van der Waals surface area contributed by atoms with Crippen LogP contribution in [0.25, 0.3) is 0 Å². The molecule has 1 aliphatic rings. The van der Waals surface area contributed by atoms with E-state index in [9.17, 15) is 0 Å². The molecule has 1 aliphatic heterocycles. The normalized spacial score (nSPS) is 20.2. The lowest BCUT2D eigenvalue weighted by atomic mass is 10.0. The van der Waals surface area contributed by atoms with Gasteiger partial charge in [-0.1, -0.05) is 5.16 Å². The van der Waals surface area contributed by atoms with E-state index < -0.39 is 0 Å². The summed E-state index contributed by atoms with van der Waals surface area (Å²) in [4.78, 5) is 6.99. The molecule has 0 amide bonds. The molecule has 0 saturated carbocycles. The Kier molecular flexibility index (Phi) is 6.03. The average molecular weight is 271 g/mol. The summed E-state index contributed by atoms with van der Waals surface area (Å²) in [6.07, 6.45) is 1.20. The SMILES string of the molecule is CN(C)CCCN1CCN(C(C)(C)C(N)=NO)CC1. The highest BCUT2D eigenvalue weighted by atomic mass is 16.4. The van der Waals surface area contributed by atoms with Crippen molar-refractivity contribution in [2.45, 2.75) is 25.8 Å². The van der Waals surface area contributed by atoms with Gasteiger partial charge in [-0.25, -0.2) is 0 Å². The van der Waals surface area contributed by atoms with E-state index in [4.69, 9.17) is 10.9 Å². The molecule has 0 aliphatic carbocycles. The van der Waals surface area contributed by atoms with Crippen molar-refractivity contribution in [3.63, 3.8) is 0 Å². The first-order valence-corrected chi connectivity index (χ1v) is 6.98. The van der Waals surface area contributed by atoms with Gasteiger partial charge in [0.1, 0.15) is 0 Å². The van der Waals surface area contributed by atoms with Crippen molar-refractivity contribution >= 4 is 5.84 Å². The first kappa shape index (κ1) is 16.2. The summed E-state index contributed by atoms with van der Waals surface area (Å²) in [5, 5.41) is 12.0. The van der Waals surface area contributed by atoms with Crippen LogP contribution in [0.4, 0.5) is 0 Å². The van der Waals surface area contributed by atoms with Crippen molar-refractivity contribution in [2.75, 3.05) is 53.4 Å². The Morgan fingerprint density at radius 2 is 1.84 bits per heavy atom. The molecule has 0 bridgehead atoms. The molecule has 1 saturated heterocycles. The molecule has 0 spiro atoms. The van der Waals surface area contributed by atoms with Crippen molar-refractivity contribution in [1.29, 1.82) is 0 Å². The van der Waals surface area contributed by atoms with E-state index in [2.05, 4.69) is 34.0 Å². The minimum Gasteiger partial charge on any atom is -0.409 e. The molecular formula is C13H29N5O. The van der Waals surface area contributed by atoms with Gasteiger partial charge in [-0.2, -0.15) is 0 Å². The molecule has 0 aromatic rings. The highest BCUT2D eigenvalue weighted by molar-refractivity contribution is 5.88. The van der Waals surface area contributed by atoms with Gasteiger partial charge in [0, 0.05) is 26.2 Å². The number of rotatable bonds is 6. The molecule has 1 rings (SSSR count). The largest absolute Gasteiger partial charge is 0.409 e. The second kappa shape index (κ2) is 7.07. The lowest BCUT2D eigenvalue weighted by Crippen LogP contribution is -2.59. The molecule has 1 fully saturated rings. The van der Waals surface area contributed by atoms with E-state index >= 15 is 0 Å². The fourth-order valence-corrected chi connectivity index (χ4v) is 2.43. The predicted octanol–water partition coefficient (Wildman–Crippen LogP) is 0.0807. The molecule has 6 heteroatoms. The maximum atomic E-state index is 8.84. The smallest absolute Gasteiger partial charge is 0.159 e. The van der Waals surface area contributed by atoms with Gasteiger partial charge in [0.15, 0.2) is 5.84 Å². The number of nitrogens with zero attached hydrogens (tertiary/aromatic N) is 4. The lowest BCUT2D eigenvalue weighted by Gasteiger charge is -2.43. The maximum absolute atomic E-state index is 8.84. The second-order valence-corrected chi connectivity index (χ2v) is 6.03. The van der Waals surface area contributed by atoms with Gasteiger partial charge >= 0.3 is 0 Å². The molecule has 3 N–H and O–H groups in total. The van der Waals surface area contributed by atoms with Crippen molar-refractivity contribution in [3.05, 3.63) is 0 Å². The summed E-state index contributed by atoms with van der Waals surface area (Å²) >= 11 is 0. The second-order valence-electron chi connectivity index (χ2n) is 6.03. The molecular weight excluding hydrogens is 242 g/mol. The van der Waals surface area contributed by atoms with Crippen LogP contribution in [0.2, 0.25) is 0 Å². The fourth-order valence-electron chi connectivity index (χ4n) is 2.43. The quantitative estimate of drug-likeness (QED) is 0.310. The summed E-state index contributed by atoms with van der Waals surface area (Å²) in [6, 6.07) is 0. The maximum Gasteiger partial charge on any atom is 0.159 e. The minimum absolute atomic E-state index is 0.286. The molecule has 1 heterocycles. The van der Waals surface area contributed by atoms with E-state index in [1.54, 1.807) is 0 Å². The Morgan fingerprint density at radius 1 is 1.26 bits per heavy atom. The van der Waals surface area contributed by atoms with Gasteiger partial charge in [0.2, 0.25) is 0 Å². The zero-order chi connectivity index (χ0) is 14.5. The highest BCUT2D eigenvalue weighted by Gasteiger charge is 2.33. The minimum atomic E-state index is -0.371. The molecule has 0 atom stereocenters. The van der Waals surface area contributed by atoms with Gasteiger partial charge in [0.25, 0.3) is 0 Å². The number of amidine groups is 1. The van der Waals surface area contributed by atoms with E-state index in [1.807, 2.05) is 13.8 Å². The lowest BCUT2D eigenvalue weighted by molar-refractivity contribution is 0.0814. The summed E-state index contributed by atoms with van der Waals surface area (Å²) in [6.45, 7) is 10.3. The Hall–Kier alpha value is -0.850. The third-order valence-electron chi connectivity index (χ3n) is 3.98. The number of oxime groups is 1. The van der Waals surface area contributed by atoms with Crippen LogP contribution < -0.4 is 5.73 Å². The Balaban J connectivity index is 2.36. The molecule has 6 nitrogen and oxygen atoms in total. The first-order valence-electron chi connectivity index (χ1n) is 6.98. The van der Waals surface area contributed by atoms with Gasteiger partial charge in [-0.05, 0) is 47.5 Å². The van der Waals surface area contributed by atoms with E-state index in [0.29, 0.717) is 0 Å². The van der Waals surface area contributed by atoms with Crippen molar-refractivity contribution < 1.29 is 5.21 Å². The zero-order valence-corrected chi connectivity index (χ0v) is 12.8. The van der Waals surface area contributed by atoms with Gasteiger partial charge in [-0.3, -0.25) is 4.90 Å². The van der Waals surface area contributed by atoms with Crippen molar-refractivity contribution in [3.8, 4) is 0 Å². The molecule has 0 aromatic heterocycles. The summed E-state index contributed by atoms with van der Waals surface area (Å²) < 4.78 is 0. The first-order chi connectivity index (χ1) is 8.87. The van der Waals surface area contributed by atoms with Gasteiger partial charge < -0.3 is 20.7 Å². The summed E-state index contributed by atoms with van der Waals surface area (Å²) in [5.41, 5.74) is 5.40. The zero-order valence-electron chi connectivity index (χ0n) is 12.8. The van der Waals surface area contributed by atoms with E-state index in [-0.39, 0.29) is 11.4 Å². The number of nitrogens with two attached hydrogens (primary N) is 1. The molecule has 0 unspecified atom stereocenters. The van der Waals surface area contributed by atoms with Crippen LogP contribution in [0.5, 0.6) is 0 Å². The van der Waals surface area contributed by atoms with Crippen LogP contribution in [0.3, 0.4) is 0 Å². The third kappa shape index (κ3) is 4.63. The molecule has 112 valence electrons. The van der Waals surface area contributed by atoms with Crippen molar-refractivity contribution in [1.82, 2.24) is 14.7 Å². The molecule has 0 radical (unpaired) electrons. The van der Waals surface area contributed by atoms with Crippen LogP contribution in [0, 0.1) is 0 Å². The number of hydrogen-bond donors (Lipinski definition) is 2. The fraction of sp³-hybridized carbons (Fsp3) is 0.923. The van der Waals surface area contributed by atoms with Gasteiger partial charge in [-0.15, -0.1) is 0 Å². The average Bonchev–Trinajstić information content (AvgIpc) is 2.38. The van der Waals surface area contributed by atoms with Gasteiger partial charge in [0.05, 0.1) is 5.54 Å². The highest BCUT2D eigenvalue weighted by Crippen LogP contribution is 2.17. The Labute approximate surface area is 116 Å². The van der Waals surface area contributed by atoms with Crippen LogP contribution in [0.1, 0.15) is 20.3 Å². The van der Waals surface area contributed by atoms with Crippen LogP contribution in [-0.4, -0.2) is 84.6 Å². The standard InChI is InChI=1S/C13H29N5O/c1-13(2,12(14)15-19)18-10-8-17(9-11-18)7-5-6-16(3)4/h19H,5-11H2,1-4H3,(H2,14,15). The van der Waals surface area contributed by atoms with Crippen LogP contribution >= 0.6 is 0 Å². The predicted molar refractivity (Wildman–Crippen MR) is 78.7 cm³/mol. The summed E-state index contributed by atoms with van der Waals surface area (Å²) in [7, 11) is 4.22. The third-order valence-corrected chi connectivity index (χ3v) is 3.98. The van der Waals surface area contributed by atoms with Crippen LogP contribution in [0.15, 0.2) is 5.16 Å². The van der Waals surface area contributed by atoms with E-state index in [0.717, 1.165) is 39.3 Å². The Morgan fingerprint density at radius 3 is 2.32 bits per heavy atom.